The lowest BCUT2D eigenvalue weighted by Gasteiger charge is -2.40. The SMILES string of the molecule is C/C=C\SCC(SCC)C(C)(C)CC(C)(C)SCC1CS1. The number of rotatable bonds is 11. The molecule has 0 aromatic heterocycles. The third kappa shape index (κ3) is 8.53. The summed E-state index contributed by atoms with van der Waals surface area (Å²) in [5.74, 6) is 5.18. The Morgan fingerprint density at radius 2 is 1.95 bits per heavy atom. The van der Waals surface area contributed by atoms with Crippen LogP contribution in [0.1, 0.15) is 48.0 Å². The lowest BCUT2D eigenvalue weighted by Crippen LogP contribution is -2.35. The summed E-state index contributed by atoms with van der Waals surface area (Å²) in [6.45, 7) is 14.2. The Bertz CT molecular complexity index is 319. The van der Waals surface area contributed by atoms with Crippen molar-refractivity contribution < 1.29 is 0 Å². The van der Waals surface area contributed by atoms with E-state index in [1.807, 2.05) is 11.8 Å². The zero-order valence-corrected chi connectivity index (χ0v) is 17.7. The van der Waals surface area contributed by atoms with Crippen LogP contribution in [0.5, 0.6) is 0 Å². The first-order chi connectivity index (χ1) is 9.80. The average molecular weight is 365 g/mol. The summed E-state index contributed by atoms with van der Waals surface area (Å²) in [6.07, 6.45) is 3.45. The standard InChI is InChI=1S/C17H32S4/c1-7-9-18-12-15(19-8-2)16(3,4)13-17(5,6)21-11-14-10-20-14/h7,9,14-15H,8,10-13H2,1-6H3/b9-7-. The smallest absolute Gasteiger partial charge is 0.0229 e. The molecule has 1 fully saturated rings. The van der Waals surface area contributed by atoms with E-state index < -0.39 is 0 Å². The van der Waals surface area contributed by atoms with Gasteiger partial charge in [-0.1, -0.05) is 40.7 Å². The van der Waals surface area contributed by atoms with Crippen molar-refractivity contribution in [2.75, 3.05) is 23.0 Å². The van der Waals surface area contributed by atoms with E-state index in [0.29, 0.717) is 10.2 Å². The van der Waals surface area contributed by atoms with Crippen molar-refractivity contribution in [3.8, 4) is 0 Å². The first-order valence-corrected chi connectivity index (χ1v) is 12.0. The molecule has 0 spiro atoms. The fourth-order valence-corrected chi connectivity index (χ4v) is 7.39. The highest BCUT2D eigenvalue weighted by Gasteiger charge is 2.36. The van der Waals surface area contributed by atoms with E-state index in [1.54, 1.807) is 0 Å². The zero-order chi connectivity index (χ0) is 15.9. The Morgan fingerprint density at radius 3 is 2.48 bits per heavy atom. The molecular formula is C17H32S4. The molecule has 0 amide bonds. The van der Waals surface area contributed by atoms with Crippen LogP contribution < -0.4 is 0 Å². The quantitative estimate of drug-likeness (QED) is 0.388. The number of thioether (sulfide) groups is 4. The maximum absolute atomic E-state index is 2.48. The lowest BCUT2D eigenvalue weighted by molar-refractivity contribution is 0.304. The van der Waals surface area contributed by atoms with Gasteiger partial charge in [-0.25, -0.2) is 0 Å². The third-order valence-corrected chi connectivity index (χ3v) is 9.08. The minimum Gasteiger partial charge on any atom is -0.157 e. The van der Waals surface area contributed by atoms with Crippen molar-refractivity contribution >= 4 is 47.0 Å². The summed E-state index contributed by atoms with van der Waals surface area (Å²) in [5.41, 5.74) is 0.391. The van der Waals surface area contributed by atoms with Gasteiger partial charge >= 0.3 is 0 Å². The maximum atomic E-state index is 2.48. The molecule has 1 aliphatic rings. The van der Waals surface area contributed by atoms with Gasteiger partial charge in [0.15, 0.2) is 0 Å². The van der Waals surface area contributed by atoms with Gasteiger partial charge < -0.3 is 0 Å². The van der Waals surface area contributed by atoms with Crippen molar-refractivity contribution in [3.05, 3.63) is 11.5 Å². The van der Waals surface area contributed by atoms with Crippen LogP contribution in [0.3, 0.4) is 0 Å². The molecule has 124 valence electrons. The Hall–Kier alpha value is 1.14. The van der Waals surface area contributed by atoms with Gasteiger partial charge in [0.2, 0.25) is 0 Å². The first kappa shape index (κ1) is 20.2. The maximum Gasteiger partial charge on any atom is 0.0229 e. The van der Waals surface area contributed by atoms with Crippen molar-refractivity contribution in [2.24, 2.45) is 5.41 Å². The fraction of sp³-hybridized carbons (Fsp3) is 0.882. The van der Waals surface area contributed by atoms with Crippen LogP contribution in [0, 0.1) is 5.41 Å². The van der Waals surface area contributed by atoms with Gasteiger partial charge in [0.05, 0.1) is 0 Å². The number of hydrogen-bond acceptors (Lipinski definition) is 4. The third-order valence-electron chi connectivity index (χ3n) is 3.66. The molecule has 0 bridgehead atoms. The second-order valence-corrected chi connectivity index (χ2v) is 12.4. The van der Waals surface area contributed by atoms with Gasteiger partial charge in [0, 0.05) is 32.5 Å². The van der Waals surface area contributed by atoms with E-state index in [0.717, 1.165) is 10.5 Å². The van der Waals surface area contributed by atoms with Crippen molar-refractivity contribution in [2.45, 2.75) is 63.2 Å². The molecule has 1 heterocycles. The number of allylic oxidation sites excluding steroid dienone is 1. The molecule has 0 aromatic rings. The molecule has 0 nitrogen and oxygen atoms in total. The minimum atomic E-state index is 0.391. The number of hydrogen-bond donors (Lipinski definition) is 0. The van der Waals surface area contributed by atoms with E-state index >= 15 is 0 Å². The Kier molecular flexibility index (Phi) is 9.07. The normalized spacial score (nSPS) is 21.0. The van der Waals surface area contributed by atoms with Gasteiger partial charge in [-0.2, -0.15) is 35.3 Å². The van der Waals surface area contributed by atoms with Crippen LogP contribution in [-0.4, -0.2) is 38.3 Å². The molecular weight excluding hydrogens is 332 g/mol. The molecule has 21 heavy (non-hydrogen) atoms. The first-order valence-electron chi connectivity index (χ1n) is 7.90. The summed E-state index contributed by atoms with van der Waals surface area (Å²) >= 11 is 8.42. The Labute approximate surface area is 149 Å². The van der Waals surface area contributed by atoms with Gasteiger partial charge in [-0.05, 0) is 29.9 Å². The van der Waals surface area contributed by atoms with E-state index in [2.05, 4.69) is 88.3 Å². The molecule has 1 saturated heterocycles. The van der Waals surface area contributed by atoms with E-state index in [1.165, 1.54) is 29.4 Å². The van der Waals surface area contributed by atoms with Crippen LogP contribution in [0.15, 0.2) is 11.5 Å². The van der Waals surface area contributed by atoms with Crippen LogP contribution in [0.25, 0.3) is 0 Å². The second kappa shape index (κ2) is 9.44. The molecule has 2 atom stereocenters. The highest BCUT2D eigenvalue weighted by atomic mass is 32.2. The van der Waals surface area contributed by atoms with E-state index in [4.69, 9.17) is 0 Å². The van der Waals surface area contributed by atoms with Crippen LogP contribution >= 0.6 is 47.0 Å². The van der Waals surface area contributed by atoms with Crippen molar-refractivity contribution in [1.82, 2.24) is 0 Å². The van der Waals surface area contributed by atoms with Gasteiger partial charge in [-0.3, -0.25) is 0 Å². The van der Waals surface area contributed by atoms with Crippen LogP contribution in [0.2, 0.25) is 0 Å². The Morgan fingerprint density at radius 1 is 1.29 bits per heavy atom. The molecule has 0 N–H and O–H groups in total. The Balaban J connectivity index is 2.54. The largest absolute Gasteiger partial charge is 0.157 e. The molecule has 0 saturated carbocycles. The lowest BCUT2D eigenvalue weighted by atomic mass is 9.81. The minimum absolute atomic E-state index is 0.391. The molecule has 2 unspecified atom stereocenters. The van der Waals surface area contributed by atoms with Crippen molar-refractivity contribution in [1.29, 1.82) is 0 Å². The second-order valence-electron chi connectivity index (χ2n) is 6.94. The summed E-state index contributed by atoms with van der Waals surface area (Å²) in [7, 11) is 0. The summed E-state index contributed by atoms with van der Waals surface area (Å²) in [6, 6.07) is 0. The molecule has 0 radical (unpaired) electrons. The zero-order valence-electron chi connectivity index (χ0n) is 14.5. The fourth-order valence-electron chi connectivity index (χ4n) is 2.68. The predicted octanol–water partition coefficient (Wildman–Crippen LogP) is 6.42. The molecule has 4 heteroatoms. The highest BCUT2D eigenvalue weighted by molar-refractivity contribution is 8.09. The van der Waals surface area contributed by atoms with E-state index in [9.17, 15) is 0 Å². The van der Waals surface area contributed by atoms with Gasteiger partial charge in [0.1, 0.15) is 0 Å². The molecule has 0 aliphatic carbocycles. The average Bonchev–Trinajstić information content (AvgIpc) is 3.18. The predicted molar refractivity (Wildman–Crippen MR) is 110 cm³/mol. The monoisotopic (exact) mass is 364 g/mol. The van der Waals surface area contributed by atoms with Gasteiger partial charge in [-0.15, -0.1) is 11.8 Å². The molecule has 1 aliphatic heterocycles. The van der Waals surface area contributed by atoms with Crippen molar-refractivity contribution in [3.63, 3.8) is 0 Å². The van der Waals surface area contributed by atoms with Crippen LogP contribution in [0.4, 0.5) is 0 Å². The topological polar surface area (TPSA) is 0 Å². The summed E-state index contributed by atoms with van der Waals surface area (Å²) < 4.78 is 0.393. The molecule has 1 rings (SSSR count). The molecule has 0 aromatic carbocycles. The van der Waals surface area contributed by atoms with Crippen LogP contribution in [-0.2, 0) is 0 Å². The van der Waals surface area contributed by atoms with Gasteiger partial charge in [0.25, 0.3) is 0 Å². The summed E-state index contributed by atoms with van der Waals surface area (Å²) in [5, 5.41) is 3.92. The van der Waals surface area contributed by atoms with E-state index in [-0.39, 0.29) is 0 Å². The summed E-state index contributed by atoms with van der Waals surface area (Å²) in [4.78, 5) is 0. The highest BCUT2D eigenvalue weighted by Crippen LogP contribution is 2.45.